The smallest absolute Gasteiger partial charge is 0.191 e. The Labute approximate surface area is 166 Å². The van der Waals surface area contributed by atoms with Crippen LogP contribution in [-0.4, -0.2) is 34.3 Å². The van der Waals surface area contributed by atoms with E-state index in [0.29, 0.717) is 12.0 Å². The molecular formula is C18H27IN6. The number of guanidine groups is 1. The molecule has 25 heavy (non-hydrogen) atoms. The first kappa shape index (κ1) is 19.7. The molecular weight excluding hydrogens is 427 g/mol. The summed E-state index contributed by atoms with van der Waals surface area (Å²) in [5.74, 6) is 2.63. The van der Waals surface area contributed by atoms with Gasteiger partial charge < -0.3 is 15.2 Å². The second-order valence-corrected chi connectivity index (χ2v) is 6.66. The van der Waals surface area contributed by atoms with Crippen molar-refractivity contribution in [2.75, 3.05) is 13.6 Å². The van der Waals surface area contributed by atoms with Crippen molar-refractivity contribution in [1.82, 2.24) is 25.4 Å². The lowest BCUT2D eigenvalue weighted by molar-refractivity contribution is 0.492. The van der Waals surface area contributed by atoms with E-state index < -0.39 is 0 Å². The molecule has 0 saturated heterocycles. The van der Waals surface area contributed by atoms with Crippen LogP contribution in [0.2, 0.25) is 0 Å². The van der Waals surface area contributed by atoms with Crippen LogP contribution < -0.4 is 10.6 Å². The van der Waals surface area contributed by atoms with Gasteiger partial charge in [0.25, 0.3) is 0 Å². The van der Waals surface area contributed by atoms with Crippen LogP contribution in [0.1, 0.15) is 30.1 Å². The monoisotopic (exact) mass is 454 g/mol. The molecule has 0 atom stereocenters. The first-order valence-corrected chi connectivity index (χ1v) is 8.45. The Morgan fingerprint density at radius 2 is 1.92 bits per heavy atom. The lowest BCUT2D eigenvalue weighted by Crippen LogP contribution is -2.40. The molecule has 6 nitrogen and oxygen atoms in total. The van der Waals surface area contributed by atoms with Gasteiger partial charge in [0.2, 0.25) is 0 Å². The Morgan fingerprint density at radius 1 is 1.20 bits per heavy atom. The highest BCUT2D eigenvalue weighted by Crippen LogP contribution is 2.47. The Balaban J connectivity index is 0.00000225. The molecule has 1 saturated carbocycles. The summed E-state index contributed by atoms with van der Waals surface area (Å²) in [6.45, 7) is 3.51. The summed E-state index contributed by atoms with van der Waals surface area (Å²) in [6.07, 6.45) is 3.67. The highest BCUT2D eigenvalue weighted by atomic mass is 127. The first-order chi connectivity index (χ1) is 11.6. The van der Waals surface area contributed by atoms with Crippen molar-refractivity contribution in [2.45, 2.75) is 32.7 Å². The van der Waals surface area contributed by atoms with Crippen LogP contribution in [0.3, 0.4) is 0 Å². The Hall–Kier alpha value is -1.64. The van der Waals surface area contributed by atoms with Gasteiger partial charge in [0.05, 0.1) is 6.54 Å². The molecule has 1 heterocycles. The van der Waals surface area contributed by atoms with Crippen LogP contribution in [0.4, 0.5) is 0 Å². The maximum Gasteiger partial charge on any atom is 0.191 e. The number of hydrogen-bond acceptors (Lipinski definition) is 3. The Morgan fingerprint density at radius 3 is 2.48 bits per heavy atom. The van der Waals surface area contributed by atoms with Crippen molar-refractivity contribution in [1.29, 1.82) is 0 Å². The van der Waals surface area contributed by atoms with Crippen LogP contribution >= 0.6 is 24.0 Å². The third kappa shape index (κ3) is 5.17. The van der Waals surface area contributed by atoms with Gasteiger partial charge >= 0.3 is 0 Å². The van der Waals surface area contributed by atoms with Crippen LogP contribution in [-0.2, 0) is 20.0 Å². The number of aliphatic imine (C=N–C) groups is 1. The van der Waals surface area contributed by atoms with Crippen LogP contribution in [0.15, 0.2) is 35.3 Å². The fourth-order valence-electron chi connectivity index (χ4n) is 2.88. The average Bonchev–Trinajstić information content (AvgIpc) is 3.29. The maximum atomic E-state index is 4.31. The second-order valence-electron chi connectivity index (χ2n) is 6.66. The molecule has 1 aliphatic rings. The second kappa shape index (κ2) is 8.64. The highest BCUT2D eigenvalue weighted by Gasteiger charge is 2.42. The minimum Gasteiger partial charge on any atom is -0.356 e. The molecule has 2 N–H and O–H groups in total. The van der Waals surface area contributed by atoms with Crippen molar-refractivity contribution < 1.29 is 0 Å². The fraction of sp³-hybridized carbons (Fsp3) is 0.500. The van der Waals surface area contributed by atoms with Gasteiger partial charge in [-0.1, -0.05) is 30.3 Å². The number of hydrogen-bond donors (Lipinski definition) is 2. The summed E-state index contributed by atoms with van der Waals surface area (Å²) in [5, 5.41) is 15.0. The minimum atomic E-state index is 0. The third-order valence-corrected chi connectivity index (χ3v) is 4.83. The van der Waals surface area contributed by atoms with Gasteiger partial charge in [-0.25, -0.2) is 0 Å². The summed E-state index contributed by atoms with van der Waals surface area (Å²) in [7, 11) is 3.77. The number of nitrogens with zero attached hydrogens (tertiary/aromatic N) is 4. The molecule has 0 amide bonds. The number of aromatic nitrogens is 3. The van der Waals surface area contributed by atoms with Gasteiger partial charge in [0.1, 0.15) is 5.82 Å². The number of nitrogens with one attached hydrogen (secondary N) is 2. The zero-order valence-corrected chi connectivity index (χ0v) is 17.4. The molecule has 1 aliphatic carbocycles. The van der Waals surface area contributed by atoms with E-state index in [4.69, 9.17) is 0 Å². The van der Waals surface area contributed by atoms with Crippen LogP contribution in [0, 0.1) is 12.3 Å². The van der Waals surface area contributed by atoms with Crippen molar-refractivity contribution in [3.05, 3.63) is 47.5 Å². The predicted molar refractivity (Wildman–Crippen MR) is 111 cm³/mol. The van der Waals surface area contributed by atoms with Gasteiger partial charge in [-0.15, -0.1) is 34.2 Å². The molecule has 3 rings (SSSR count). The maximum absolute atomic E-state index is 4.31. The molecule has 0 spiro atoms. The largest absolute Gasteiger partial charge is 0.356 e. The topological polar surface area (TPSA) is 67.1 Å². The third-order valence-electron chi connectivity index (χ3n) is 4.83. The molecule has 136 valence electrons. The highest BCUT2D eigenvalue weighted by molar-refractivity contribution is 14.0. The summed E-state index contributed by atoms with van der Waals surface area (Å²) in [6, 6.07) is 10.7. The van der Waals surface area contributed by atoms with E-state index in [1.54, 1.807) is 7.05 Å². The average molecular weight is 454 g/mol. The number of halogens is 1. The summed E-state index contributed by atoms with van der Waals surface area (Å²) >= 11 is 0. The number of aryl methyl sites for hydroxylation is 1. The van der Waals surface area contributed by atoms with Crippen molar-refractivity contribution in [2.24, 2.45) is 17.5 Å². The molecule has 7 heteroatoms. The van der Waals surface area contributed by atoms with Gasteiger partial charge in [0.15, 0.2) is 11.8 Å². The minimum absolute atomic E-state index is 0. The van der Waals surface area contributed by atoms with Gasteiger partial charge in [-0.3, -0.25) is 4.99 Å². The molecule has 2 aromatic rings. The molecule has 1 aromatic heterocycles. The molecule has 0 radical (unpaired) electrons. The quantitative estimate of drug-likeness (QED) is 0.400. The summed E-state index contributed by atoms with van der Waals surface area (Å²) in [4.78, 5) is 4.31. The Bertz CT molecular complexity index is 706. The molecule has 0 aliphatic heterocycles. The number of rotatable bonds is 6. The molecule has 1 fully saturated rings. The Kier molecular flexibility index (Phi) is 6.80. The van der Waals surface area contributed by atoms with E-state index >= 15 is 0 Å². The zero-order valence-electron chi connectivity index (χ0n) is 15.1. The SMILES string of the molecule is CN=C(NCc1nnc(C)n1C)NCC1(Cc2ccccc2)CC1.I. The van der Waals surface area contributed by atoms with Crippen molar-refractivity contribution in [3.63, 3.8) is 0 Å². The van der Waals surface area contributed by atoms with E-state index in [-0.39, 0.29) is 24.0 Å². The standard InChI is InChI=1S/C18H26N6.HI/c1-14-22-23-16(24(14)3)12-20-17(19-2)21-13-18(9-10-18)11-15-7-5-4-6-8-15;/h4-8H,9-13H2,1-3H3,(H2,19,20,21);1H. The van der Waals surface area contributed by atoms with Gasteiger partial charge in [0, 0.05) is 20.6 Å². The van der Waals surface area contributed by atoms with E-state index in [0.717, 1.165) is 30.6 Å². The molecule has 0 unspecified atom stereocenters. The van der Waals surface area contributed by atoms with Crippen LogP contribution in [0.25, 0.3) is 0 Å². The van der Waals surface area contributed by atoms with Crippen molar-refractivity contribution >= 4 is 29.9 Å². The lowest BCUT2D eigenvalue weighted by atomic mass is 9.96. The fourth-order valence-corrected chi connectivity index (χ4v) is 2.88. The zero-order chi connectivity index (χ0) is 17.0. The van der Waals surface area contributed by atoms with E-state index in [2.05, 4.69) is 56.2 Å². The number of benzene rings is 1. The first-order valence-electron chi connectivity index (χ1n) is 8.45. The normalized spacial score (nSPS) is 15.4. The predicted octanol–water partition coefficient (Wildman–Crippen LogP) is 2.43. The van der Waals surface area contributed by atoms with Gasteiger partial charge in [-0.05, 0) is 37.2 Å². The molecule has 1 aromatic carbocycles. The summed E-state index contributed by atoms with van der Waals surface area (Å²) < 4.78 is 1.98. The van der Waals surface area contributed by atoms with E-state index in [1.165, 1.54) is 18.4 Å². The van der Waals surface area contributed by atoms with E-state index in [9.17, 15) is 0 Å². The summed E-state index contributed by atoms with van der Waals surface area (Å²) in [5.41, 5.74) is 1.79. The molecule has 0 bridgehead atoms. The van der Waals surface area contributed by atoms with Crippen LogP contribution in [0.5, 0.6) is 0 Å². The van der Waals surface area contributed by atoms with Crippen molar-refractivity contribution in [3.8, 4) is 0 Å². The lowest BCUT2D eigenvalue weighted by Gasteiger charge is -2.18. The van der Waals surface area contributed by atoms with Gasteiger partial charge in [-0.2, -0.15) is 0 Å². The van der Waals surface area contributed by atoms with E-state index in [1.807, 2.05) is 18.5 Å².